The van der Waals surface area contributed by atoms with Gasteiger partial charge >= 0.3 is 5.97 Å². The molecule has 1 aliphatic carbocycles. The van der Waals surface area contributed by atoms with Crippen molar-refractivity contribution in [3.05, 3.63) is 64.7 Å². The molecule has 0 radical (unpaired) electrons. The van der Waals surface area contributed by atoms with Crippen molar-refractivity contribution >= 4 is 38.3 Å². The molecular weight excluding hydrogens is 358 g/mol. The fourth-order valence-corrected chi connectivity index (χ4v) is 4.68. The number of rotatable bonds is 4. The first-order chi connectivity index (χ1) is 13.2. The Balaban J connectivity index is 1.67. The third kappa shape index (κ3) is 3.47. The number of hydrogen-bond donors (Lipinski definition) is 1. The Morgan fingerprint density at radius 3 is 2.67 bits per heavy atom. The van der Waals surface area contributed by atoms with Crippen LogP contribution in [0.15, 0.2) is 42.5 Å². The lowest BCUT2D eigenvalue weighted by atomic mass is 9.90. The van der Waals surface area contributed by atoms with Crippen LogP contribution >= 0.6 is 11.3 Å². The fourth-order valence-electron chi connectivity index (χ4n) is 3.59. The van der Waals surface area contributed by atoms with Gasteiger partial charge in [0.1, 0.15) is 10.6 Å². The number of carbonyl (C=O) groups is 2. The van der Waals surface area contributed by atoms with E-state index < -0.39 is 5.97 Å². The van der Waals surface area contributed by atoms with Crippen molar-refractivity contribution in [1.29, 1.82) is 0 Å². The Morgan fingerprint density at radius 1 is 1.07 bits per heavy atom. The predicted octanol–water partition coefficient (Wildman–Crippen LogP) is 5.21. The van der Waals surface area contributed by atoms with Crippen molar-refractivity contribution in [3.8, 4) is 0 Å². The van der Waals surface area contributed by atoms with Crippen LogP contribution in [0.25, 0.3) is 10.1 Å². The molecule has 0 atom stereocenters. The summed E-state index contributed by atoms with van der Waals surface area (Å²) in [7, 11) is 0. The zero-order valence-corrected chi connectivity index (χ0v) is 16.0. The zero-order valence-electron chi connectivity index (χ0n) is 15.2. The van der Waals surface area contributed by atoms with Crippen LogP contribution in [-0.2, 0) is 17.6 Å². The van der Waals surface area contributed by atoms with E-state index >= 15 is 0 Å². The molecule has 0 saturated heterocycles. The van der Waals surface area contributed by atoms with Crippen molar-refractivity contribution in [2.75, 3.05) is 11.9 Å². The standard InChI is InChI=1S/C22H21NO3S/c1-2-26-22(25)19-17-9-5-6-10-18(17)27-21(19)23-20(24)16-12-11-14-7-3-4-8-15(14)13-16/h5-6,9-13H,2-4,7-8H2,1H3,(H,23,24). The van der Waals surface area contributed by atoms with Gasteiger partial charge in [0.2, 0.25) is 0 Å². The van der Waals surface area contributed by atoms with E-state index in [0.717, 1.165) is 22.9 Å². The number of hydrogen-bond acceptors (Lipinski definition) is 4. The predicted molar refractivity (Wildman–Crippen MR) is 109 cm³/mol. The lowest BCUT2D eigenvalue weighted by Gasteiger charge is -2.16. The third-order valence-corrected chi connectivity index (χ3v) is 6.00. The Bertz CT molecular complexity index is 1020. The van der Waals surface area contributed by atoms with Gasteiger partial charge < -0.3 is 10.1 Å². The summed E-state index contributed by atoms with van der Waals surface area (Å²) in [5.74, 6) is -0.601. The van der Waals surface area contributed by atoms with Crippen molar-refractivity contribution in [3.63, 3.8) is 0 Å². The summed E-state index contributed by atoms with van der Waals surface area (Å²) in [6, 6.07) is 13.5. The summed E-state index contributed by atoms with van der Waals surface area (Å²) >= 11 is 1.40. The van der Waals surface area contributed by atoms with Crippen LogP contribution in [0, 0.1) is 0 Å². The van der Waals surface area contributed by atoms with Crippen molar-refractivity contribution < 1.29 is 14.3 Å². The van der Waals surface area contributed by atoms with Crippen molar-refractivity contribution in [2.45, 2.75) is 32.6 Å². The van der Waals surface area contributed by atoms with Gasteiger partial charge in [-0.05, 0) is 61.9 Å². The first kappa shape index (κ1) is 17.7. The molecule has 5 heteroatoms. The number of amides is 1. The monoisotopic (exact) mass is 379 g/mol. The van der Waals surface area contributed by atoms with Crippen LogP contribution in [0.5, 0.6) is 0 Å². The smallest absolute Gasteiger partial charge is 0.341 e. The van der Waals surface area contributed by atoms with Crippen molar-refractivity contribution in [1.82, 2.24) is 0 Å². The SMILES string of the molecule is CCOC(=O)c1c(NC(=O)c2ccc3c(c2)CCCC3)sc2ccccc12. The molecular formula is C22H21NO3S. The van der Waals surface area contributed by atoms with Crippen LogP contribution in [-0.4, -0.2) is 18.5 Å². The Hall–Kier alpha value is -2.66. The van der Waals surface area contributed by atoms with Gasteiger partial charge in [-0.3, -0.25) is 4.79 Å². The maximum Gasteiger partial charge on any atom is 0.341 e. The quantitative estimate of drug-likeness (QED) is 0.633. The van der Waals surface area contributed by atoms with Crippen LogP contribution in [0.2, 0.25) is 0 Å². The highest BCUT2D eigenvalue weighted by molar-refractivity contribution is 7.23. The second kappa shape index (κ2) is 7.53. The molecule has 0 aliphatic heterocycles. The van der Waals surface area contributed by atoms with Gasteiger partial charge in [0.15, 0.2) is 0 Å². The summed E-state index contributed by atoms with van der Waals surface area (Å²) in [6.45, 7) is 2.07. The number of fused-ring (bicyclic) bond motifs is 2. The molecule has 3 aromatic rings. The molecule has 1 amide bonds. The van der Waals surface area contributed by atoms with Crippen LogP contribution < -0.4 is 5.32 Å². The molecule has 0 fully saturated rings. The van der Waals surface area contributed by atoms with E-state index in [1.54, 1.807) is 6.92 Å². The van der Waals surface area contributed by atoms with E-state index in [2.05, 4.69) is 11.4 Å². The summed E-state index contributed by atoms with van der Waals surface area (Å²) in [5.41, 5.74) is 3.66. The molecule has 1 heterocycles. The number of aryl methyl sites for hydroxylation is 2. The van der Waals surface area contributed by atoms with Gasteiger partial charge in [-0.15, -0.1) is 11.3 Å². The largest absolute Gasteiger partial charge is 0.462 e. The van der Waals surface area contributed by atoms with Gasteiger partial charge in [-0.2, -0.15) is 0 Å². The van der Waals surface area contributed by atoms with Gasteiger partial charge in [-0.25, -0.2) is 4.79 Å². The summed E-state index contributed by atoms with van der Waals surface area (Å²) in [4.78, 5) is 25.3. The van der Waals surface area contributed by atoms with Gasteiger partial charge in [0.05, 0.1) is 6.61 Å². The lowest BCUT2D eigenvalue weighted by Crippen LogP contribution is -2.15. The highest BCUT2D eigenvalue weighted by Crippen LogP contribution is 2.36. The second-order valence-electron chi connectivity index (χ2n) is 6.67. The molecule has 0 bridgehead atoms. The minimum atomic E-state index is -0.407. The van der Waals surface area contributed by atoms with Gasteiger partial charge in [0, 0.05) is 15.6 Å². The number of esters is 1. The number of carbonyl (C=O) groups excluding carboxylic acids is 2. The van der Waals surface area contributed by atoms with Crippen LogP contribution in [0.4, 0.5) is 5.00 Å². The number of nitrogens with one attached hydrogen (secondary N) is 1. The minimum Gasteiger partial charge on any atom is -0.462 e. The molecule has 4 nitrogen and oxygen atoms in total. The maximum atomic E-state index is 12.9. The summed E-state index contributed by atoms with van der Waals surface area (Å²) < 4.78 is 6.16. The molecule has 1 aliphatic rings. The van der Waals surface area contributed by atoms with Crippen molar-refractivity contribution in [2.24, 2.45) is 0 Å². The topological polar surface area (TPSA) is 55.4 Å². The van der Waals surface area contributed by atoms with Crippen LogP contribution in [0.3, 0.4) is 0 Å². The average Bonchev–Trinajstić information content (AvgIpc) is 3.05. The molecule has 4 rings (SSSR count). The van der Waals surface area contributed by atoms with E-state index in [4.69, 9.17) is 4.74 Å². The van der Waals surface area contributed by atoms with E-state index in [1.807, 2.05) is 36.4 Å². The molecule has 138 valence electrons. The highest BCUT2D eigenvalue weighted by atomic mass is 32.1. The van der Waals surface area contributed by atoms with Crippen LogP contribution in [0.1, 0.15) is 51.6 Å². The van der Waals surface area contributed by atoms with E-state index in [9.17, 15) is 9.59 Å². The second-order valence-corrected chi connectivity index (χ2v) is 7.72. The third-order valence-electron chi connectivity index (χ3n) is 4.91. The van der Waals surface area contributed by atoms with E-state index in [-0.39, 0.29) is 5.91 Å². The maximum absolute atomic E-state index is 12.9. The van der Waals surface area contributed by atoms with E-state index in [0.29, 0.717) is 22.7 Å². The number of thiophene rings is 1. The average molecular weight is 379 g/mol. The molecule has 27 heavy (non-hydrogen) atoms. The molecule has 0 unspecified atom stereocenters. The molecule has 0 spiro atoms. The summed E-state index contributed by atoms with van der Waals surface area (Å²) in [5, 5.41) is 4.29. The zero-order chi connectivity index (χ0) is 18.8. The molecule has 2 aromatic carbocycles. The number of ether oxygens (including phenoxy) is 1. The number of benzene rings is 2. The Kier molecular flexibility index (Phi) is 4.94. The Morgan fingerprint density at radius 2 is 1.85 bits per heavy atom. The molecule has 0 saturated carbocycles. The molecule has 1 aromatic heterocycles. The lowest BCUT2D eigenvalue weighted by molar-refractivity contribution is 0.0530. The first-order valence-electron chi connectivity index (χ1n) is 9.29. The first-order valence-corrected chi connectivity index (χ1v) is 10.1. The van der Waals surface area contributed by atoms with Gasteiger partial charge in [0.25, 0.3) is 5.91 Å². The minimum absolute atomic E-state index is 0.194. The highest BCUT2D eigenvalue weighted by Gasteiger charge is 2.22. The molecule has 1 N–H and O–H groups in total. The Labute approximate surface area is 162 Å². The number of anilines is 1. The van der Waals surface area contributed by atoms with E-state index in [1.165, 1.54) is 35.3 Å². The van der Waals surface area contributed by atoms with Gasteiger partial charge in [-0.1, -0.05) is 24.3 Å². The summed E-state index contributed by atoms with van der Waals surface area (Å²) in [6.07, 6.45) is 4.48. The fraction of sp³-hybridized carbons (Fsp3) is 0.273. The normalized spacial score (nSPS) is 13.2.